The van der Waals surface area contributed by atoms with Crippen molar-refractivity contribution in [3.63, 3.8) is 0 Å². The van der Waals surface area contributed by atoms with Crippen LogP contribution in [-0.4, -0.2) is 17.3 Å². The lowest BCUT2D eigenvalue weighted by Gasteiger charge is -2.13. The fourth-order valence-electron chi connectivity index (χ4n) is 2.19. The molecule has 0 aliphatic rings. The van der Waals surface area contributed by atoms with Gasteiger partial charge in [0.25, 0.3) is 0 Å². The molecule has 0 aliphatic heterocycles. The lowest BCUT2D eigenvalue weighted by atomic mass is 10.2. The highest BCUT2D eigenvalue weighted by Crippen LogP contribution is 2.37. The highest BCUT2D eigenvalue weighted by Gasteiger charge is 2.11. The zero-order valence-corrected chi connectivity index (χ0v) is 17.0. The van der Waals surface area contributed by atoms with Gasteiger partial charge in [0.2, 0.25) is 5.89 Å². The molecule has 26 heavy (non-hydrogen) atoms. The Morgan fingerprint density at radius 1 is 1.12 bits per heavy atom. The van der Waals surface area contributed by atoms with E-state index in [4.69, 9.17) is 19.6 Å². The maximum absolute atomic E-state index is 5.94. The highest BCUT2D eigenvalue weighted by atomic mass is 79.9. The molecule has 0 aliphatic carbocycles. The van der Waals surface area contributed by atoms with E-state index in [9.17, 15) is 0 Å². The number of aromatic nitrogens is 2. The Kier molecular flexibility index (Phi) is 5.95. The molecule has 134 valence electrons. The molecule has 0 bridgehead atoms. The van der Waals surface area contributed by atoms with Crippen LogP contribution >= 0.6 is 31.9 Å². The van der Waals surface area contributed by atoms with Gasteiger partial charge in [-0.2, -0.15) is 0 Å². The number of halogens is 2. The zero-order chi connectivity index (χ0) is 18.5. The summed E-state index contributed by atoms with van der Waals surface area (Å²) in [5.41, 5.74) is 7.34. The molecule has 0 saturated heterocycles. The summed E-state index contributed by atoms with van der Waals surface area (Å²) in [6, 6.07) is 11.7. The first-order valence-corrected chi connectivity index (χ1v) is 9.15. The molecule has 0 atom stereocenters. The van der Waals surface area contributed by atoms with Gasteiger partial charge in [0, 0.05) is 10.5 Å². The van der Waals surface area contributed by atoms with Crippen LogP contribution in [0.4, 0.5) is 6.01 Å². The second-order valence-electron chi connectivity index (χ2n) is 5.26. The van der Waals surface area contributed by atoms with E-state index in [-0.39, 0.29) is 6.01 Å². The van der Waals surface area contributed by atoms with Gasteiger partial charge < -0.3 is 19.6 Å². The SMILES string of the molecule is COc1cc(/C=C/c2nnc(N)o2)cc(Br)c1OCc1ccc(Br)cc1. The van der Waals surface area contributed by atoms with Gasteiger partial charge in [-0.05, 0) is 57.4 Å². The van der Waals surface area contributed by atoms with E-state index in [1.54, 1.807) is 13.2 Å². The van der Waals surface area contributed by atoms with E-state index in [0.717, 1.165) is 20.1 Å². The topological polar surface area (TPSA) is 83.4 Å². The Morgan fingerprint density at radius 3 is 2.54 bits per heavy atom. The summed E-state index contributed by atoms with van der Waals surface area (Å²) in [5, 5.41) is 7.39. The number of methoxy groups -OCH3 is 1. The molecule has 0 radical (unpaired) electrons. The minimum absolute atomic E-state index is 0.0279. The fraction of sp³-hybridized carbons (Fsp3) is 0.111. The molecule has 1 heterocycles. The highest BCUT2D eigenvalue weighted by molar-refractivity contribution is 9.10. The van der Waals surface area contributed by atoms with Gasteiger partial charge >= 0.3 is 6.01 Å². The van der Waals surface area contributed by atoms with Gasteiger partial charge in [-0.1, -0.05) is 33.2 Å². The number of nitrogen functional groups attached to an aromatic ring is 1. The molecule has 0 unspecified atom stereocenters. The van der Waals surface area contributed by atoms with Crippen molar-refractivity contribution in [1.82, 2.24) is 10.2 Å². The number of rotatable bonds is 6. The number of benzene rings is 2. The van der Waals surface area contributed by atoms with Gasteiger partial charge in [0.05, 0.1) is 11.6 Å². The van der Waals surface area contributed by atoms with E-state index in [1.165, 1.54) is 0 Å². The van der Waals surface area contributed by atoms with Crippen molar-refractivity contribution in [1.29, 1.82) is 0 Å². The molecule has 6 nitrogen and oxygen atoms in total. The number of ether oxygens (including phenoxy) is 2. The second-order valence-corrected chi connectivity index (χ2v) is 7.03. The summed E-state index contributed by atoms with van der Waals surface area (Å²) >= 11 is 6.96. The Bertz CT molecular complexity index is 924. The zero-order valence-electron chi connectivity index (χ0n) is 13.8. The van der Waals surface area contributed by atoms with Crippen LogP contribution in [-0.2, 0) is 6.61 Å². The van der Waals surface area contributed by atoms with Crippen LogP contribution in [0.15, 0.2) is 49.8 Å². The number of nitrogens with zero attached hydrogens (tertiary/aromatic N) is 2. The predicted molar refractivity (Wildman–Crippen MR) is 107 cm³/mol. The van der Waals surface area contributed by atoms with Gasteiger partial charge in [-0.25, -0.2) is 0 Å². The van der Waals surface area contributed by atoms with Crippen molar-refractivity contribution in [2.75, 3.05) is 12.8 Å². The van der Waals surface area contributed by atoms with Crippen molar-refractivity contribution in [2.24, 2.45) is 0 Å². The third-order valence-electron chi connectivity index (χ3n) is 3.42. The molecule has 3 aromatic rings. The Morgan fingerprint density at radius 2 is 1.88 bits per heavy atom. The van der Waals surface area contributed by atoms with Gasteiger partial charge in [0.15, 0.2) is 11.5 Å². The third-order valence-corrected chi connectivity index (χ3v) is 4.54. The Balaban J connectivity index is 1.78. The third kappa shape index (κ3) is 4.64. The molecule has 3 rings (SSSR count). The monoisotopic (exact) mass is 479 g/mol. The quantitative estimate of drug-likeness (QED) is 0.538. The van der Waals surface area contributed by atoms with Crippen LogP contribution in [0.2, 0.25) is 0 Å². The number of hydrogen-bond acceptors (Lipinski definition) is 6. The normalized spacial score (nSPS) is 11.0. The minimum Gasteiger partial charge on any atom is -0.493 e. The minimum atomic E-state index is 0.0279. The predicted octanol–water partition coefficient (Wildman–Crippen LogP) is 4.93. The van der Waals surface area contributed by atoms with Crippen LogP contribution in [0.5, 0.6) is 11.5 Å². The molecule has 0 fully saturated rings. The average molecular weight is 481 g/mol. The first-order chi connectivity index (χ1) is 12.5. The fourth-order valence-corrected chi connectivity index (χ4v) is 3.03. The van der Waals surface area contributed by atoms with E-state index in [2.05, 4.69) is 42.1 Å². The van der Waals surface area contributed by atoms with Crippen molar-refractivity contribution < 1.29 is 13.9 Å². The summed E-state index contributed by atoms with van der Waals surface area (Å²) in [7, 11) is 1.60. The summed E-state index contributed by atoms with van der Waals surface area (Å²) in [6.45, 7) is 0.429. The molecule has 0 amide bonds. The van der Waals surface area contributed by atoms with E-state index in [1.807, 2.05) is 42.5 Å². The smallest absolute Gasteiger partial charge is 0.313 e. The number of nitrogens with two attached hydrogens (primary N) is 1. The lowest BCUT2D eigenvalue weighted by molar-refractivity contribution is 0.282. The van der Waals surface area contributed by atoms with Crippen molar-refractivity contribution in [3.8, 4) is 11.5 Å². The lowest BCUT2D eigenvalue weighted by Crippen LogP contribution is -1.99. The van der Waals surface area contributed by atoms with Crippen LogP contribution in [0.1, 0.15) is 17.0 Å². The molecule has 2 aromatic carbocycles. The maximum Gasteiger partial charge on any atom is 0.313 e. The Labute approximate surface area is 167 Å². The molecular weight excluding hydrogens is 466 g/mol. The summed E-state index contributed by atoms with van der Waals surface area (Å²) in [6.07, 6.45) is 3.49. The second kappa shape index (κ2) is 8.37. The molecule has 8 heteroatoms. The molecular formula is C18H15Br2N3O3. The van der Waals surface area contributed by atoms with Gasteiger partial charge in [-0.15, -0.1) is 5.10 Å². The maximum atomic E-state index is 5.94. The number of hydrogen-bond donors (Lipinski definition) is 1. The van der Waals surface area contributed by atoms with E-state index >= 15 is 0 Å². The average Bonchev–Trinajstić information content (AvgIpc) is 3.05. The molecule has 0 saturated carbocycles. The van der Waals surface area contributed by atoms with Crippen molar-refractivity contribution in [3.05, 3.63) is 62.4 Å². The van der Waals surface area contributed by atoms with Crippen molar-refractivity contribution in [2.45, 2.75) is 6.61 Å². The molecule has 0 spiro atoms. The summed E-state index contributed by atoms with van der Waals surface area (Å²) in [5.74, 6) is 1.57. The van der Waals surface area contributed by atoms with Crippen LogP contribution in [0.3, 0.4) is 0 Å². The van der Waals surface area contributed by atoms with Crippen LogP contribution < -0.4 is 15.2 Å². The van der Waals surface area contributed by atoms with Crippen LogP contribution in [0.25, 0.3) is 12.2 Å². The van der Waals surface area contributed by atoms with E-state index < -0.39 is 0 Å². The summed E-state index contributed by atoms with van der Waals surface area (Å²) in [4.78, 5) is 0. The largest absolute Gasteiger partial charge is 0.493 e. The number of anilines is 1. The summed E-state index contributed by atoms with van der Waals surface area (Å²) < 4.78 is 18.3. The van der Waals surface area contributed by atoms with E-state index in [0.29, 0.717) is 24.0 Å². The first kappa shape index (κ1) is 18.5. The molecule has 2 N–H and O–H groups in total. The first-order valence-electron chi connectivity index (χ1n) is 7.57. The van der Waals surface area contributed by atoms with Gasteiger partial charge in [0.1, 0.15) is 6.61 Å². The molecule has 1 aromatic heterocycles. The standard InChI is InChI=1S/C18H15Br2N3O3/c1-24-15-9-12(4-7-16-22-23-18(21)26-16)8-14(20)17(15)25-10-11-2-5-13(19)6-3-11/h2-9H,10H2,1H3,(H2,21,23)/b7-4+. The van der Waals surface area contributed by atoms with Gasteiger partial charge in [-0.3, -0.25) is 0 Å². The van der Waals surface area contributed by atoms with Crippen LogP contribution in [0, 0.1) is 0 Å². The Hall–Kier alpha value is -2.32. The van der Waals surface area contributed by atoms with Crippen molar-refractivity contribution >= 4 is 50.0 Å².